The van der Waals surface area contributed by atoms with E-state index in [-0.39, 0.29) is 0 Å². The van der Waals surface area contributed by atoms with Crippen molar-refractivity contribution in [3.8, 4) is 16.8 Å². The van der Waals surface area contributed by atoms with E-state index in [0.717, 1.165) is 11.3 Å². The van der Waals surface area contributed by atoms with Gasteiger partial charge in [0.05, 0.1) is 0 Å². The minimum atomic E-state index is 1.13. The first-order chi connectivity index (χ1) is 10.8. The summed E-state index contributed by atoms with van der Waals surface area (Å²) >= 11 is 0. The Balaban J connectivity index is 1.81. The monoisotopic (exact) mass is 285 g/mol. The molecule has 1 aromatic heterocycles. The average molecular weight is 285 g/mol. The van der Waals surface area contributed by atoms with E-state index >= 15 is 0 Å². The molecule has 22 heavy (non-hydrogen) atoms. The van der Waals surface area contributed by atoms with Crippen LogP contribution in [0.15, 0.2) is 78.9 Å². The molecule has 0 atom stereocenters. The van der Waals surface area contributed by atoms with Crippen LogP contribution >= 0.6 is 0 Å². The molecule has 2 nitrogen and oxygen atoms in total. The van der Waals surface area contributed by atoms with E-state index in [1.807, 2.05) is 6.07 Å². The normalized spacial score (nSPS) is 11.0. The summed E-state index contributed by atoms with van der Waals surface area (Å²) in [6, 6.07) is 27.6. The molecule has 0 unspecified atom stereocenters. The van der Waals surface area contributed by atoms with Crippen LogP contribution in [0.5, 0.6) is 0 Å². The lowest BCUT2D eigenvalue weighted by Gasteiger charge is -2.03. The van der Waals surface area contributed by atoms with Crippen molar-refractivity contribution in [3.05, 3.63) is 84.7 Å². The first kappa shape index (κ1) is 12.8. The van der Waals surface area contributed by atoms with Crippen LogP contribution in [0.3, 0.4) is 0 Å². The first-order valence-electron chi connectivity index (χ1n) is 7.48. The van der Waals surface area contributed by atoms with Crippen molar-refractivity contribution in [3.63, 3.8) is 0 Å². The fourth-order valence-corrected chi connectivity index (χ4v) is 2.97. The van der Waals surface area contributed by atoms with Crippen molar-refractivity contribution >= 4 is 11.0 Å². The Kier molecular flexibility index (Phi) is 3.01. The number of nitrogens with zero attached hydrogens (tertiary/aromatic N) is 1. The Morgan fingerprint density at radius 3 is 2.09 bits per heavy atom. The summed E-state index contributed by atoms with van der Waals surface area (Å²) in [6.45, 7) is 2.10. The van der Waals surface area contributed by atoms with Gasteiger partial charge in [0, 0.05) is 6.92 Å². The maximum atomic E-state index is 3.43. The lowest BCUT2D eigenvalue weighted by Crippen LogP contribution is -2.32. The molecule has 1 N–H and O–H groups in total. The van der Waals surface area contributed by atoms with Gasteiger partial charge < -0.3 is 0 Å². The Morgan fingerprint density at radius 1 is 0.682 bits per heavy atom. The van der Waals surface area contributed by atoms with Gasteiger partial charge in [-0.2, -0.15) is 4.57 Å². The smallest absolute Gasteiger partial charge is 0.241 e. The fourth-order valence-electron chi connectivity index (χ4n) is 2.97. The van der Waals surface area contributed by atoms with Crippen LogP contribution in [-0.2, 0) is 0 Å². The van der Waals surface area contributed by atoms with Crippen molar-refractivity contribution in [2.45, 2.75) is 6.92 Å². The zero-order valence-electron chi connectivity index (χ0n) is 12.5. The molecular weight excluding hydrogens is 268 g/mol. The molecule has 0 saturated carbocycles. The molecule has 106 valence electrons. The number of aromatic amines is 1. The number of imidazole rings is 1. The third-order valence-electron chi connectivity index (χ3n) is 4.03. The van der Waals surface area contributed by atoms with E-state index in [4.69, 9.17) is 0 Å². The molecule has 4 aromatic rings. The highest BCUT2D eigenvalue weighted by atomic mass is 15.1. The van der Waals surface area contributed by atoms with E-state index in [1.54, 1.807) is 0 Å². The van der Waals surface area contributed by atoms with Gasteiger partial charge in [0.25, 0.3) is 5.82 Å². The summed E-state index contributed by atoms with van der Waals surface area (Å²) in [7, 11) is 0. The Bertz CT molecular complexity index is 919. The average Bonchev–Trinajstić information content (AvgIpc) is 2.91. The second kappa shape index (κ2) is 5.15. The van der Waals surface area contributed by atoms with Crippen LogP contribution in [0, 0.1) is 6.92 Å². The number of hydrogen-bond acceptors (Lipinski definition) is 0. The number of para-hydroxylation sites is 2. The number of aromatic nitrogens is 2. The number of H-pyrrole nitrogens is 1. The number of nitrogens with one attached hydrogen (secondary N) is 1. The lowest BCUT2D eigenvalue weighted by molar-refractivity contribution is -0.574. The van der Waals surface area contributed by atoms with Crippen molar-refractivity contribution in [2.24, 2.45) is 0 Å². The molecule has 1 heterocycles. The van der Waals surface area contributed by atoms with Crippen molar-refractivity contribution in [2.75, 3.05) is 0 Å². The van der Waals surface area contributed by atoms with Crippen LogP contribution in [0.2, 0.25) is 0 Å². The van der Waals surface area contributed by atoms with Gasteiger partial charge in [-0.1, -0.05) is 54.6 Å². The van der Waals surface area contributed by atoms with Crippen LogP contribution in [0.1, 0.15) is 5.82 Å². The molecule has 3 aromatic carbocycles. The maximum absolute atomic E-state index is 3.43. The summed E-state index contributed by atoms with van der Waals surface area (Å²) in [5.41, 5.74) is 6.02. The van der Waals surface area contributed by atoms with E-state index in [0.29, 0.717) is 0 Å². The first-order valence-corrected chi connectivity index (χ1v) is 7.48. The van der Waals surface area contributed by atoms with E-state index in [9.17, 15) is 0 Å². The molecule has 0 aliphatic carbocycles. The predicted molar refractivity (Wildman–Crippen MR) is 90.0 cm³/mol. The molecular formula is C20H17N2+. The minimum Gasteiger partial charge on any atom is -0.241 e. The van der Waals surface area contributed by atoms with Gasteiger partial charge in [0.1, 0.15) is 5.69 Å². The Labute approximate surface area is 129 Å². The quantitative estimate of drug-likeness (QED) is 0.526. The van der Waals surface area contributed by atoms with Gasteiger partial charge in [0.15, 0.2) is 11.0 Å². The van der Waals surface area contributed by atoms with Crippen molar-refractivity contribution < 1.29 is 4.57 Å². The number of aryl methyl sites for hydroxylation is 1. The summed E-state index contributed by atoms with van der Waals surface area (Å²) < 4.78 is 2.25. The third kappa shape index (κ3) is 2.09. The molecule has 4 rings (SSSR count). The minimum absolute atomic E-state index is 1.13. The number of benzene rings is 3. The molecule has 0 spiro atoms. The lowest BCUT2D eigenvalue weighted by atomic mass is 10.1. The standard InChI is InChI=1S/C20H16N2/c1-15-21-19-9-5-6-10-20(19)22(15)18-13-11-17(12-14-18)16-7-3-2-4-8-16/h2-14H,1H3/p+1. The summed E-state index contributed by atoms with van der Waals surface area (Å²) in [5.74, 6) is 1.13. The van der Waals surface area contributed by atoms with Gasteiger partial charge in [0.2, 0.25) is 0 Å². The molecule has 0 aliphatic rings. The number of fused-ring (bicyclic) bond motifs is 1. The zero-order chi connectivity index (χ0) is 14.9. The van der Waals surface area contributed by atoms with Crippen LogP contribution in [0.25, 0.3) is 27.8 Å². The van der Waals surface area contributed by atoms with Crippen molar-refractivity contribution in [1.82, 2.24) is 4.98 Å². The van der Waals surface area contributed by atoms with Gasteiger partial charge in [-0.15, -0.1) is 0 Å². The number of hydrogen-bond donors (Lipinski definition) is 1. The van der Waals surface area contributed by atoms with E-state index in [2.05, 4.69) is 89.3 Å². The topological polar surface area (TPSA) is 19.7 Å². The van der Waals surface area contributed by atoms with Crippen LogP contribution in [0.4, 0.5) is 0 Å². The van der Waals surface area contributed by atoms with Gasteiger partial charge in [-0.05, 0) is 35.4 Å². The third-order valence-corrected chi connectivity index (χ3v) is 4.03. The highest BCUT2D eigenvalue weighted by molar-refractivity contribution is 5.72. The predicted octanol–water partition coefficient (Wildman–Crippen LogP) is 4.42. The molecule has 0 radical (unpaired) electrons. The molecule has 0 amide bonds. The molecule has 2 heteroatoms. The molecule has 0 bridgehead atoms. The molecule has 0 saturated heterocycles. The maximum Gasteiger partial charge on any atom is 0.257 e. The Morgan fingerprint density at radius 2 is 1.32 bits per heavy atom. The van der Waals surface area contributed by atoms with Gasteiger partial charge in [-0.25, -0.2) is 4.98 Å². The van der Waals surface area contributed by atoms with Crippen LogP contribution < -0.4 is 4.57 Å². The SMILES string of the molecule is Cc1[nH]c2ccccc2[n+]1-c1ccc(-c2ccccc2)cc1. The molecule has 0 fully saturated rings. The number of rotatable bonds is 2. The second-order valence-electron chi connectivity index (χ2n) is 5.48. The zero-order valence-corrected chi connectivity index (χ0v) is 12.5. The highest BCUT2D eigenvalue weighted by Gasteiger charge is 2.16. The highest BCUT2D eigenvalue weighted by Crippen LogP contribution is 2.20. The Hall–Kier alpha value is -2.87. The van der Waals surface area contributed by atoms with Gasteiger partial charge >= 0.3 is 0 Å². The van der Waals surface area contributed by atoms with Crippen molar-refractivity contribution in [1.29, 1.82) is 0 Å². The van der Waals surface area contributed by atoms with E-state index < -0.39 is 0 Å². The second-order valence-corrected chi connectivity index (χ2v) is 5.48. The summed E-state index contributed by atoms with van der Waals surface area (Å²) in [4.78, 5) is 3.43. The fraction of sp³-hybridized carbons (Fsp3) is 0.0500. The van der Waals surface area contributed by atoms with Crippen LogP contribution in [-0.4, -0.2) is 4.98 Å². The van der Waals surface area contributed by atoms with Gasteiger partial charge in [-0.3, -0.25) is 0 Å². The largest absolute Gasteiger partial charge is 0.257 e. The summed E-state index contributed by atoms with van der Waals surface area (Å²) in [5, 5.41) is 0. The van der Waals surface area contributed by atoms with E-state index in [1.165, 1.54) is 22.3 Å². The summed E-state index contributed by atoms with van der Waals surface area (Å²) in [6.07, 6.45) is 0. The molecule has 0 aliphatic heterocycles.